The van der Waals surface area contributed by atoms with Crippen LogP contribution >= 0.6 is 17.6 Å². The van der Waals surface area contributed by atoms with E-state index < -0.39 is 6.10 Å². The van der Waals surface area contributed by atoms with Crippen LogP contribution < -0.4 is 0 Å². The van der Waals surface area contributed by atoms with Gasteiger partial charge in [0.15, 0.2) is 11.0 Å². The Morgan fingerprint density at radius 1 is 0.522 bits per heavy atom. The van der Waals surface area contributed by atoms with Gasteiger partial charge in [0.05, 0.1) is 30.8 Å². The summed E-state index contributed by atoms with van der Waals surface area (Å²) in [4.78, 5) is 24.4. The van der Waals surface area contributed by atoms with Crippen LogP contribution in [0, 0.1) is 0 Å². The molecule has 0 bridgehead atoms. The first-order valence-electron chi connectivity index (χ1n) is 19.4. The minimum Gasteiger partial charge on any atom is -0.394 e. The smallest absolute Gasteiger partial charge is 0.178 e. The molecule has 270 valence electrons. The number of aliphatic hydroxyl groups excluding tert-OH is 1. The molecule has 5 nitrogen and oxygen atoms in total. The van der Waals surface area contributed by atoms with Gasteiger partial charge in [0.2, 0.25) is 0 Å². The summed E-state index contributed by atoms with van der Waals surface area (Å²) in [6, 6.07) is 0. The van der Waals surface area contributed by atoms with Crippen molar-refractivity contribution in [3.05, 3.63) is 24.3 Å². The maximum Gasteiger partial charge on any atom is 0.178 e. The Kier molecular flexibility index (Phi) is 38.6. The third-order valence-electron chi connectivity index (χ3n) is 8.33. The Hall–Kier alpha value is -0.440. The molecule has 0 rings (SSSR count). The Morgan fingerprint density at radius 2 is 0.870 bits per heavy atom. The molecule has 0 aliphatic carbocycles. The zero-order chi connectivity index (χ0) is 33.6. The minimum absolute atomic E-state index is 0.0961. The fourth-order valence-corrected chi connectivity index (χ4v) is 6.73. The molecule has 0 aliphatic rings. The highest BCUT2D eigenvalue weighted by Crippen LogP contribution is 2.24. The monoisotopic (exact) mass is 685 g/mol. The van der Waals surface area contributed by atoms with Gasteiger partial charge in [0.25, 0.3) is 0 Å². The van der Waals surface area contributed by atoms with E-state index in [1.54, 1.807) is 0 Å². The normalized spacial score (nSPS) is 13.0. The predicted molar refractivity (Wildman–Crippen MR) is 203 cm³/mol. The van der Waals surface area contributed by atoms with Crippen molar-refractivity contribution < 1.29 is 23.7 Å². The molecule has 0 saturated heterocycles. The molecule has 0 spiro atoms. The van der Waals surface area contributed by atoms with E-state index >= 15 is 0 Å². The van der Waals surface area contributed by atoms with Gasteiger partial charge in [-0.1, -0.05) is 141 Å². The van der Waals surface area contributed by atoms with Crippen molar-refractivity contribution >= 4 is 28.7 Å². The van der Waals surface area contributed by atoms with Crippen molar-refractivity contribution in [2.45, 2.75) is 200 Å². The van der Waals surface area contributed by atoms with Crippen molar-refractivity contribution in [1.82, 2.24) is 0 Å². The molecule has 3 atom stereocenters. The number of unbranched alkanes of at least 4 members (excludes halogenated alkanes) is 22. The average Bonchev–Trinajstić information content (AvgIpc) is 3.06. The van der Waals surface area contributed by atoms with Crippen LogP contribution in [0.3, 0.4) is 0 Å². The molecular weight excluding hydrogens is 610 g/mol. The highest BCUT2D eigenvalue weighted by Gasteiger charge is 2.13. The minimum atomic E-state index is -0.545. The van der Waals surface area contributed by atoms with Crippen LogP contribution in [0.1, 0.15) is 194 Å². The van der Waals surface area contributed by atoms with E-state index in [1.165, 1.54) is 141 Å². The lowest BCUT2D eigenvalue weighted by atomic mass is 10.1. The fraction of sp³-hybridized carbons (Fsp3) is 0.846. The number of hydrogen-bond acceptors (Lipinski definition) is 5. The molecule has 0 aromatic carbocycles. The van der Waals surface area contributed by atoms with Crippen molar-refractivity contribution in [3.8, 4) is 0 Å². The SMILES string of the molecule is CCCCCCCC/C=C/CCCCCCCC(=O)POCC(CO)OPC(=O)CCCCCCC/C=C/CCCCCCCC. The van der Waals surface area contributed by atoms with Gasteiger partial charge in [-0.15, -0.1) is 0 Å². The average molecular weight is 685 g/mol. The first-order chi connectivity index (χ1) is 22.6. The Labute approximate surface area is 289 Å². The fourth-order valence-electron chi connectivity index (χ4n) is 5.30. The van der Waals surface area contributed by atoms with Gasteiger partial charge < -0.3 is 14.2 Å². The van der Waals surface area contributed by atoms with E-state index in [9.17, 15) is 14.7 Å². The highest BCUT2D eigenvalue weighted by molar-refractivity contribution is 7.53. The second kappa shape index (κ2) is 39.0. The molecule has 46 heavy (non-hydrogen) atoms. The van der Waals surface area contributed by atoms with Crippen molar-refractivity contribution in [2.24, 2.45) is 0 Å². The van der Waals surface area contributed by atoms with Crippen molar-refractivity contribution in [2.75, 3.05) is 13.2 Å². The van der Waals surface area contributed by atoms with Gasteiger partial charge in [-0.05, 0) is 64.2 Å². The van der Waals surface area contributed by atoms with Gasteiger partial charge in [-0.3, -0.25) is 9.59 Å². The number of carbonyl (C=O) groups is 2. The molecule has 7 heteroatoms. The lowest BCUT2D eigenvalue weighted by Gasteiger charge is -2.14. The van der Waals surface area contributed by atoms with E-state index in [1.807, 2.05) is 0 Å². The molecule has 0 aliphatic heterocycles. The second-order valence-corrected chi connectivity index (χ2v) is 15.0. The third kappa shape index (κ3) is 36.4. The van der Waals surface area contributed by atoms with Crippen LogP contribution in [-0.2, 0) is 18.6 Å². The van der Waals surface area contributed by atoms with E-state index in [0.717, 1.165) is 25.7 Å². The summed E-state index contributed by atoms with van der Waals surface area (Å²) in [7, 11) is -0.481. The summed E-state index contributed by atoms with van der Waals surface area (Å²) in [5.74, 6) is 0. The molecule has 0 heterocycles. The quantitative estimate of drug-likeness (QED) is 0.0398. The zero-order valence-electron chi connectivity index (χ0n) is 30.2. The van der Waals surface area contributed by atoms with Crippen LogP contribution in [0.2, 0.25) is 0 Å². The van der Waals surface area contributed by atoms with E-state index in [-0.39, 0.29) is 41.9 Å². The summed E-state index contributed by atoms with van der Waals surface area (Å²) in [5, 5.41) is 9.57. The highest BCUT2D eigenvalue weighted by atomic mass is 31.1. The maximum absolute atomic E-state index is 12.2. The summed E-state index contributed by atoms with van der Waals surface area (Å²) in [5.41, 5.74) is 0.218. The third-order valence-corrected chi connectivity index (χ3v) is 10.0. The molecule has 0 radical (unpaired) electrons. The molecule has 0 fully saturated rings. The van der Waals surface area contributed by atoms with Crippen LogP contribution in [0.4, 0.5) is 0 Å². The maximum atomic E-state index is 12.2. The van der Waals surface area contributed by atoms with E-state index in [2.05, 4.69) is 38.2 Å². The van der Waals surface area contributed by atoms with Gasteiger partial charge in [-0.2, -0.15) is 0 Å². The lowest BCUT2D eigenvalue weighted by Crippen LogP contribution is -2.20. The summed E-state index contributed by atoms with van der Waals surface area (Å²) < 4.78 is 11.1. The van der Waals surface area contributed by atoms with Gasteiger partial charge in [0.1, 0.15) is 6.10 Å². The Balaban J connectivity index is 3.55. The Morgan fingerprint density at radius 3 is 1.26 bits per heavy atom. The molecule has 0 amide bonds. The van der Waals surface area contributed by atoms with Gasteiger partial charge >= 0.3 is 0 Å². The Bertz CT molecular complexity index is 712. The first-order valence-corrected chi connectivity index (χ1v) is 21.2. The number of allylic oxidation sites excluding steroid dienone is 4. The van der Waals surface area contributed by atoms with Crippen LogP contribution in [-0.4, -0.2) is 35.5 Å². The van der Waals surface area contributed by atoms with E-state index in [0.29, 0.717) is 12.8 Å². The number of hydrogen-bond donors (Lipinski definition) is 1. The summed E-state index contributed by atoms with van der Waals surface area (Å²) >= 11 is 0. The zero-order valence-corrected chi connectivity index (χ0v) is 32.2. The van der Waals surface area contributed by atoms with Crippen molar-refractivity contribution in [3.63, 3.8) is 0 Å². The standard InChI is InChI=1S/C39H74O5P2/c1-3-5-7-9-11-13-15-17-19-21-23-25-27-29-31-33-38(41)45-43-36-37(35-40)44-46-39(42)34-32-30-28-26-24-22-20-18-16-14-12-10-8-6-4-2/h17-20,37,40,45-46H,3-16,21-36H2,1-2H3/b19-17+,20-18+. The van der Waals surface area contributed by atoms with Crippen LogP contribution in [0.15, 0.2) is 24.3 Å². The number of aliphatic hydroxyl groups is 1. The van der Waals surface area contributed by atoms with Crippen molar-refractivity contribution in [1.29, 1.82) is 0 Å². The topological polar surface area (TPSA) is 72.8 Å². The largest absolute Gasteiger partial charge is 0.394 e. The molecule has 1 N–H and O–H groups in total. The number of rotatable bonds is 38. The lowest BCUT2D eigenvalue weighted by molar-refractivity contribution is -0.113. The second-order valence-electron chi connectivity index (χ2n) is 13.0. The molecular formula is C39H74O5P2. The van der Waals surface area contributed by atoms with Gasteiger partial charge in [0, 0.05) is 12.8 Å². The van der Waals surface area contributed by atoms with Gasteiger partial charge in [-0.25, -0.2) is 0 Å². The van der Waals surface area contributed by atoms with Crippen LogP contribution in [0.25, 0.3) is 0 Å². The predicted octanol–water partition coefficient (Wildman–Crippen LogP) is 12.7. The molecule has 0 aromatic rings. The molecule has 0 saturated carbocycles. The van der Waals surface area contributed by atoms with E-state index in [4.69, 9.17) is 9.05 Å². The molecule has 0 aromatic heterocycles. The summed E-state index contributed by atoms with van der Waals surface area (Å²) in [6.07, 6.45) is 42.2. The first kappa shape index (κ1) is 45.6. The summed E-state index contributed by atoms with van der Waals surface area (Å²) in [6.45, 7) is 4.47. The number of carbonyl (C=O) groups excluding carboxylic acids is 2. The van der Waals surface area contributed by atoms with Crippen LogP contribution in [0.5, 0.6) is 0 Å². The molecule has 3 unspecified atom stereocenters.